The lowest BCUT2D eigenvalue weighted by atomic mass is 9.80. The molecule has 0 amide bonds. The zero-order valence-electron chi connectivity index (χ0n) is 12.0. The highest BCUT2D eigenvalue weighted by atomic mass is 16.3. The van der Waals surface area contributed by atoms with Crippen molar-refractivity contribution in [2.24, 2.45) is 13.0 Å². The number of benzene rings is 1. The third-order valence-corrected chi connectivity index (χ3v) is 4.88. The summed E-state index contributed by atoms with van der Waals surface area (Å²) >= 11 is 0. The van der Waals surface area contributed by atoms with Crippen LogP contribution in [0.1, 0.15) is 11.1 Å². The van der Waals surface area contributed by atoms with Gasteiger partial charge in [0.2, 0.25) is 0 Å². The number of aliphatic hydroxyl groups excluding tert-OH is 1. The van der Waals surface area contributed by atoms with Gasteiger partial charge >= 0.3 is 0 Å². The summed E-state index contributed by atoms with van der Waals surface area (Å²) in [7, 11) is 4.30. The van der Waals surface area contributed by atoms with E-state index in [9.17, 15) is 5.11 Å². The van der Waals surface area contributed by atoms with E-state index in [1.807, 2.05) is 0 Å². The first-order chi connectivity index (χ1) is 9.69. The van der Waals surface area contributed by atoms with Gasteiger partial charge in [-0.15, -0.1) is 0 Å². The van der Waals surface area contributed by atoms with E-state index in [4.69, 9.17) is 0 Å². The van der Waals surface area contributed by atoms with Crippen LogP contribution in [0.25, 0.3) is 16.5 Å². The van der Waals surface area contributed by atoms with Gasteiger partial charge in [-0.05, 0) is 36.2 Å². The Bertz CT molecular complexity index is 713. The minimum Gasteiger partial charge on any atom is -0.396 e. The van der Waals surface area contributed by atoms with Gasteiger partial charge in [-0.1, -0.05) is 18.2 Å². The summed E-state index contributed by atoms with van der Waals surface area (Å²) in [5, 5.41) is 10.9. The molecular weight excluding hydrogens is 248 g/mol. The van der Waals surface area contributed by atoms with Gasteiger partial charge in [0.15, 0.2) is 0 Å². The fraction of sp³-hybridized carbons (Fsp3) is 0.412. The SMILES string of the molecule is CN1C[C@H](CO)C=C2c3cccc4c3c(cn4C)C[C@H]21. The van der Waals surface area contributed by atoms with Crippen molar-refractivity contribution in [2.75, 3.05) is 20.2 Å². The van der Waals surface area contributed by atoms with Gasteiger partial charge in [0.05, 0.1) is 6.61 Å². The maximum atomic E-state index is 9.52. The Morgan fingerprint density at radius 2 is 2.15 bits per heavy atom. The van der Waals surface area contributed by atoms with Gasteiger partial charge < -0.3 is 9.67 Å². The predicted octanol–water partition coefficient (Wildman–Crippen LogP) is 2.04. The summed E-state index contributed by atoms with van der Waals surface area (Å²) in [6, 6.07) is 7.03. The van der Waals surface area contributed by atoms with Crippen molar-refractivity contribution in [3.05, 3.63) is 41.6 Å². The van der Waals surface area contributed by atoms with Gasteiger partial charge in [-0.3, -0.25) is 4.90 Å². The van der Waals surface area contributed by atoms with Crippen molar-refractivity contribution >= 4 is 16.5 Å². The Hall–Kier alpha value is -1.58. The second-order valence-electron chi connectivity index (χ2n) is 6.19. The topological polar surface area (TPSA) is 28.4 Å². The van der Waals surface area contributed by atoms with Crippen molar-refractivity contribution in [3.63, 3.8) is 0 Å². The molecular formula is C17H20N2O. The summed E-state index contributed by atoms with van der Waals surface area (Å²) in [5.74, 6) is 0.256. The van der Waals surface area contributed by atoms with Crippen LogP contribution in [0.5, 0.6) is 0 Å². The van der Waals surface area contributed by atoms with E-state index in [2.05, 4.69) is 54.0 Å². The molecule has 4 rings (SSSR count). The standard InChI is InChI=1S/C17H20N2O/c1-18-8-11(10-20)6-14-13-4-3-5-15-17(13)12(7-16(14)18)9-19(15)2/h3-6,9,11,16,20H,7-8,10H2,1-2H3/t11-,16-/m1/s1. The highest BCUT2D eigenvalue weighted by molar-refractivity contribution is 5.98. The Balaban J connectivity index is 1.99. The van der Waals surface area contributed by atoms with E-state index in [-0.39, 0.29) is 12.5 Å². The molecule has 2 aromatic rings. The molecule has 0 unspecified atom stereocenters. The van der Waals surface area contributed by atoms with Gasteiger partial charge in [-0.25, -0.2) is 0 Å². The molecule has 0 fully saturated rings. The summed E-state index contributed by atoms with van der Waals surface area (Å²) in [5.41, 5.74) is 5.53. The van der Waals surface area contributed by atoms with Gasteiger partial charge in [-0.2, -0.15) is 0 Å². The van der Waals surface area contributed by atoms with Crippen LogP contribution in [0.2, 0.25) is 0 Å². The van der Waals surface area contributed by atoms with Crippen LogP contribution in [-0.2, 0) is 13.5 Å². The molecule has 1 aliphatic carbocycles. The Morgan fingerprint density at radius 1 is 1.30 bits per heavy atom. The Labute approximate surface area is 119 Å². The first-order valence-corrected chi connectivity index (χ1v) is 7.29. The molecule has 1 aliphatic heterocycles. The zero-order chi connectivity index (χ0) is 13.9. The molecule has 104 valence electrons. The highest BCUT2D eigenvalue weighted by Gasteiger charge is 2.33. The summed E-state index contributed by atoms with van der Waals surface area (Å²) in [6.07, 6.45) is 5.65. The lowest BCUT2D eigenvalue weighted by molar-refractivity contribution is 0.181. The normalized spacial score (nSPS) is 25.6. The van der Waals surface area contributed by atoms with Crippen LogP contribution in [0, 0.1) is 5.92 Å². The van der Waals surface area contributed by atoms with Crippen LogP contribution in [0.15, 0.2) is 30.5 Å². The fourth-order valence-corrected chi connectivity index (χ4v) is 3.94. The number of aliphatic hydroxyl groups is 1. The highest BCUT2D eigenvalue weighted by Crippen LogP contribution is 2.41. The maximum Gasteiger partial charge on any atom is 0.0506 e. The minimum atomic E-state index is 0.234. The van der Waals surface area contributed by atoms with E-state index < -0.39 is 0 Å². The van der Waals surface area contributed by atoms with Gasteiger partial charge in [0.25, 0.3) is 0 Å². The molecule has 2 atom stereocenters. The van der Waals surface area contributed by atoms with Crippen LogP contribution in [0.4, 0.5) is 0 Å². The van der Waals surface area contributed by atoms with E-state index in [0.717, 1.165) is 13.0 Å². The molecule has 0 saturated heterocycles. The molecule has 3 heteroatoms. The molecule has 1 aromatic carbocycles. The Kier molecular flexibility index (Phi) is 2.56. The summed E-state index contributed by atoms with van der Waals surface area (Å²) < 4.78 is 2.23. The number of likely N-dealkylation sites (N-methyl/N-ethyl adjacent to an activating group) is 1. The van der Waals surface area contributed by atoms with Crippen LogP contribution in [0.3, 0.4) is 0 Å². The molecule has 0 spiro atoms. The van der Waals surface area contributed by atoms with Gasteiger partial charge in [0.1, 0.15) is 0 Å². The molecule has 2 aliphatic rings. The van der Waals surface area contributed by atoms with Crippen LogP contribution >= 0.6 is 0 Å². The third-order valence-electron chi connectivity index (χ3n) is 4.88. The predicted molar refractivity (Wildman–Crippen MR) is 81.6 cm³/mol. The maximum absolute atomic E-state index is 9.52. The number of fused-ring (bicyclic) bond motifs is 2. The first kappa shape index (κ1) is 12.2. The van der Waals surface area contributed by atoms with Crippen molar-refractivity contribution in [3.8, 4) is 0 Å². The van der Waals surface area contributed by atoms with Crippen molar-refractivity contribution in [2.45, 2.75) is 12.5 Å². The fourth-order valence-electron chi connectivity index (χ4n) is 3.94. The average molecular weight is 268 g/mol. The number of rotatable bonds is 1. The molecule has 20 heavy (non-hydrogen) atoms. The number of aromatic nitrogens is 1. The third kappa shape index (κ3) is 1.54. The summed E-state index contributed by atoms with van der Waals surface area (Å²) in [6.45, 7) is 1.18. The van der Waals surface area contributed by atoms with E-state index in [0.29, 0.717) is 6.04 Å². The second-order valence-corrected chi connectivity index (χ2v) is 6.19. The average Bonchev–Trinajstić information content (AvgIpc) is 2.78. The lowest BCUT2D eigenvalue weighted by Gasteiger charge is -2.39. The zero-order valence-corrected chi connectivity index (χ0v) is 12.0. The number of aryl methyl sites for hydroxylation is 1. The van der Waals surface area contributed by atoms with E-state index in [1.165, 1.54) is 27.6 Å². The van der Waals surface area contributed by atoms with Crippen molar-refractivity contribution in [1.82, 2.24) is 9.47 Å². The molecule has 2 heterocycles. The quantitative estimate of drug-likeness (QED) is 0.857. The Morgan fingerprint density at radius 3 is 2.95 bits per heavy atom. The molecule has 1 aromatic heterocycles. The second kappa shape index (κ2) is 4.21. The minimum absolute atomic E-state index is 0.234. The largest absolute Gasteiger partial charge is 0.396 e. The number of nitrogens with zero attached hydrogens (tertiary/aromatic N) is 2. The van der Waals surface area contributed by atoms with E-state index >= 15 is 0 Å². The smallest absolute Gasteiger partial charge is 0.0506 e. The molecule has 3 nitrogen and oxygen atoms in total. The van der Waals surface area contributed by atoms with Crippen LogP contribution < -0.4 is 0 Å². The summed E-state index contributed by atoms with van der Waals surface area (Å²) in [4.78, 5) is 2.39. The molecule has 0 radical (unpaired) electrons. The first-order valence-electron chi connectivity index (χ1n) is 7.29. The number of hydrogen-bond acceptors (Lipinski definition) is 2. The van der Waals surface area contributed by atoms with Gasteiger partial charge in [0, 0.05) is 42.7 Å². The monoisotopic (exact) mass is 268 g/mol. The molecule has 1 N–H and O–H groups in total. The molecule has 0 saturated carbocycles. The van der Waals surface area contributed by atoms with E-state index in [1.54, 1.807) is 0 Å². The molecule has 0 bridgehead atoms. The van der Waals surface area contributed by atoms with Crippen molar-refractivity contribution in [1.29, 1.82) is 0 Å². The van der Waals surface area contributed by atoms with Crippen molar-refractivity contribution < 1.29 is 5.11 Å². The lowest BCUT2D eigenvalue weighted by Crippen LogP contribution is -2.43. The van der Waals surface area contributed by atoms with Crippen LogP contribution in [-0.4, -0.2) is 40.8 Å². The number of hydrogen-bond donors (Lipinski definition) is 1.